The molecule has 4 nitrogen and oxygen atoms in total. The minimum absolute atomic E-state index is 0.262. The molecule has 1 atom stereocenters. The Hall–Kier alpha value is -2.11. The number of hydrogen-bond donors (Lipinski definition) is 1. The van der Waals surface area contributed by atoms with Crippen LogP contribution in [0.25, 0.3) is 0 Å². The summed E-state index contributed by atoms with van der Waals surface area (Å²) in [5.74, 6) is 1.22. The summed E-state index contributed by atoms with van der Waals surface area (Å²) < 4.78 is 23.5. The van der Waals surface area contributed by atoms with Gasteiger partial charge >= 0.3 is 0 Å². The van der Waals surface area contributed by atoms with E-state index in [1.54, 1.807) is 12.1 Å². The van der Waals surface area contributed by atoms with Gasteiger partial charge in [0.1, 0.15) is 5.82 Å². The van der Waals surface area contributed by atoms with Crippen LogP contribution < -0.4 is 9.47 Å². The first-order chi connectivity index (χ1) is 10.6. The molecule has 116 valence electrons. The van der Waals surface area contributed by atoms with Gasteiger partial charge in [0, 0.05) is 13.1 Å². The lowest BCUT2D eigenvalue weighted by Gasteiger charge is -2.21. The van der Waals surface area contributed by atoms with E-state index in [0.717, 1.165) is 17.1 Å². The highest BCUT2D eigenvalue weighted by Gasteiger charge is 2.15. The van der Waals surface area contributed by atoms with Crippen molar-refractivity contribution in [3.63, 3.8) is 0 Å². The third kappa shape index (κ3) is 3.37. The highest BCUT2D eigenvalue weighted by atomic mass is 19.1. The molecule has 1 N–H and O–H groups in total. The zero-order chi connectivity index (χ0) is 15.5. The molecular formula is C17H18FNO3. The Kier molecular flexibility index (Phi) is 4.27. The highest BCUT2D eigenvalue weighted by Crippen LogP contribution is 2.32. The fourth-order valence-corrected chi connectivity index (χ4v) is 2.50. The fraction of sp³-hybridized carbons (Fsp3) is 0.294. The van der Waals surface area contributed by atoms with Crippen molar-refractivity contribution in [2.45, 2.75) is 12.6 Å². The molecule has 0 aromatic heterocycles. The number of fused-ring (bicyclic) bond motifs is 1. The molecule has 0 spiro atoms. The number of nitrogens with zero attached hydrogens (tertiary/aromatic N) is 1. The molecule has 1 unspecified atom stereocenters. The summed E-state index contributed by atoms with van der Waals surface area (Å²) >= 11 is 0. The lowest BCUT2D eigenvalue weighted by atomic mass is 10.1. The zero-order valence-electron chi connectivity index (χ0n) is 12.3. The van der Waals surface area contributed by atoms with Crippen LogP contribution in [0.2, 0.25) is 0 Å². The number of rotatable bonds is 5. The number of likely N-dealkylation sites (N-methyl/N-ethyl adjacent to an activating group) is 1. The van der Waals surface area contributed by atoms with Gasteiger partial charge in [0.15, 0.2) is 11.5 Å². The quantitative estimate of drug-likeness (QED) is 0.922. The number of halogens is 1. The van der Waals surface area contributed by atoms with Gasteiger partial charge in [-0.25, -0.2) is 4.39 Å². The van der Waals surface area contributed by atoms with Crippen LogP contribution in [0.5, 0.6) is 11.5 Å². The maximum absolute atomic E-state index is 12.9. The van der Waals surface area contributed by atoms with Gasteiger partial charge in [0.05, 0.1) is 6.10 Å². The van der Waals surface area contributed by atoms with Gasteiger partial charge in [0.25, 0.3) is 0 Å². The van der Waals surface area contributed by atoms with Crippen molar-refractivity contribution in [1.82, 2.24) is 4.90 Å². The highest BCUT2D eigenvalue weighted by molar-refractivity contribution is 5.44. The Morgan fingerprint density at radius 1 is 1.14 bits per heavy atom. The van der Waals surface area contributed by atoms with Crippen molar-refractivity contribution in [3.05, 3.63) is 59.4 Å². The van der Waals surface area contributed by atoms with E-state index in [2.05, 4.69) is 0 Å². The predicted octanol–water partition coefficient (Wildman–Crippen LogP) is 2.72. The van der Waals surface area contributed by atoms with Gasteiger partial charge in [-0.2, -0.15) is 0 Å². The predicted molar refractivity (Wildman–Crippen MR) is 80.3 cm³/mol. The lowest BCUT2D eigenvalue weighted by molar-refractivity contribution is 0.123. The normalized spacial score (nSPS) is 14.4. The van der Waals surface area contributed by atoms with Gasteiger partial charge in [-0.05, 0) is 42.4 Å². The minimum atomic E-state index is -0.653. The summed E-state index contributed by atoms with van der Waals surface area (Å²) in [5.41, 5.74) is 1.79. The Morgan fingerprint density at radius 3 is 2.64 bits per heavy atom. The van der Waals surface area contributed by atoms with Crippen molar-refractivity contribution < 1.29 is 19.0 Å². The number of hydrogen-bond acceptors (Lipinski definition) is 4. The number of benzene rings is 2. The molecule has 1 aliphatic heterocycles. The summed E-state index contributed by atoms with van der Waals surface area (Å²) in [7, 11) is 1.93. The number of ether oxygens (including phenoxy) is 2. The zero-order valence-corrected chi connectivity index (χ0v) is 12.3. The molecule has 3 rings (SSSR count). The van der Waals surface area contributed by atoms with E-state index >= 15 is 0 Å². The smallest absolute Gasteiger partial charge is 0.231 e. The molecule has 0 bridgehead atoms. The molecule has 2 aromatic rings. The van der Waals surface area contributed by atoms with Crippen LogP contribution in [0, 0.1) is 5.82 Å². The molecule has 0 amide bonds. The molecule has 0 radical (unpaired) electrons. The molecule has 5 heteroatoms. The molecule has 0 aliphatic carbocycles. The summed E-state index contributed by atoms with van der Waals surface area (Å²) in [6, 6.07) is 11.7. The maximum Gasteiger partial charge on any atom is 0.231 e. The molecule has 0 saturated carbocycles. The second-order valence-corrected chi connectivity index (χ2v) is 5.45. The van der Waals surface area contributed by atoms with Gasteiger partial charge < -0.3 is 14.6 Å². The fourth-order valence-electron chi connectivity index (χ4n) is 2.50. The Morgan fingerprint density at radius 2 is 1.86 bits per heavy atom. The second-order valence-electron chi connectivity index (χ2n) is 5.45. The van der Waals surface area contributed by atoms with Crippen molar-refractivity contribution in [3.8, 4) is 11.5 Å². The minimum Gasteiger partial charge on any atom is -0.454 e. The second kappa shape index (κ2) is 6.34. The van der Waals surface area contributed by atoms with E-state index in [1.807, 2.05) is 30.1 Å². The van der Waals surface area contributed by atoms with E-state index in [-0.39, 0.29) is 12.6 Å². The van der Waals surface area contributed by atoms with E-state index in [0.29, 0.717) is 18.7 Å². The van der Waals surface area contributed by atoms with Crippen LogP contribution in [0.1, 0.15) is 17.2 Å². The molecular weight excluding hydrogens is 285 g/mol. The first-order valence-electron chi connectivity index (χ1n) is 7.12. The first-order valence-corrected chi connectivity index (χ1v) is 7.12. The summed E-state index contributed by atoms with van der Waals surface area (Å²) in [6.45, 7) is 1.40. The van der Waals surface area contributed by atoms with E-state index in [1.165, 1.54) is 12.1 Å². The van der Waals surface area contributed by atoms with E-state index in [4.69, 9.17) is 9.47 Å². The van der Waals surface area contributed by atoms with Crippen molar-refractivity contribution >= 4 is 0 Å². The third-order valence-corrected chi connectivity index (χ3v) is 3.63. The molecule has 22 heavy (non-hydrogen) atoms. The van der Waals surface area contributed by atoms with Gasteiger partial charge in [-0.3, -0.25) is 4.90 Å². The van der Waals surface area contributed by atoms with Crippen LogP contribution in [0.15, 0.2) is 42.5 Å². The largest absolute Gasteiger partial charge is 0.454 e. The van der Waals surface area contributed by atoms with Crippen molar-refractivity contribution in [1.29, 1.82) is 0 Å². The summed E-state index contributed by atoms with van der Waals surface area (Å²) in [4.78, 5) is 2.01. The number of aliphatic hydroxyl groups is 1. The SMILES string of the molecule is CN(Cc1ccc2c(c1)OCO2)CC(O)c1ccc(F)cc1. The van der Waals surface area contributed by atoms with Crippen LogP contribution in [0.4, 0.5) is 4.39 Å². The van der Waals surface area contributed by atoms with E-state index in [9.17, 15) is 9.50 Å². The molecule has 0 saturated heterocycles. The number of aliphatic hydroxyl groups excluding tert-OH is 1. The monoisotopic (exact) mass is 303 g/mol. The summed E-state index contributed by atoms with van der Waals surface area (Å²) in [5, 5.41) is 10.2. The molecule has 1 heterocycles. The standard InChI is InChI=1S/C17H18FNO3/c1-19(10-15(20)13-3-5-14(18)6-4-13)9-12-2-7-16-17(8-12)22-11-21-16/h2-8,15,20H,9-11H2,1H3. The summed E-state index contributed by atoms with van der Waals surface area (Å²) in [6.07, 6.45) is -0.653. The van der Waals surface area contributed by atoms with Crippen LogP contribution in [-0.4, -0.2) is 30.4 Å². The van der Waals surface area contributed by atoms with Gasteiger partial charge in [-0.15, -0.1) is 0 Å². The van der Waals surface area contributed by atoms with Crippen molar-refractivity contribution in [2.75, 3.05) is 20.4 Å². The topological polar surface area (TPSA) is 41.9 Å². The molecule has 2 aromatic carbocycles. The van der Waals surface area contributed by atoms with E-state index < -0.39 is 6.10 Å². The lowest BCUT2D eigenvalue weighted by Crippen LogP contribution is -2.24. The average molecular weight is 303 g/mol. The van der Waals surface area contributed by atoms with Crippen LogP contribution in [0.3, 0.4) is 0 Å². The first kappa shape index (κ1) is 14.8. The Bertz CT molecular complexity index is 645. The Balaban J connectivity index is 1.60. The van der Waals surface area contributed by atoms with Gasteiger partial charge in [0.2, 0.25) is 6.79 Å². The Labute approximate surface area is 128 Å². The van der Waals surface area contributed by atoms with Gasteiger partial charge in [-0.1, -0.05) is 18.2 Å². The maximum atomic E-state index is 12.9. The van der Waals surface area contributed by atoms with Crippen molar-refractivity contribution in [2.24, 2.45) is 0 Å². The molecule has 0 fully saturated rings. The van der Waals surface area contributed by atoms with Crippen LogP contribution in [-0.2, 0) is 6.54 Å². The third-order valence-electron chi connectivity index (χ3n) is 3.63. The average Bonchev–Trinajstić information content (AvgIpc) is 2.95. The van der Waals surface area contributed by atoms with Crippen LogP contribution >= 0.6 is 0 Å². The molecule has 1 aliphatic rings.